The number of aryl methyl sites for hydroxylation is 1. The summed E-state index contributed by atoms with van der Waals surface area (Å²) in [5.41, 5.74) is 4.06. The molecule has 0 fully saturated rings. The van der Waals surface area contributed by atoms with Gasteiger partial charge in [-0.15, -0.1) is 0 Å². The van der Waals surface area contributed by atoms with Gasteiger partial charge in [-0.1, -0.05) is 12.1 Å². The molecule has 27 heavy (non-hydrogen) atoms. The summed E-state index contributed by atoms with van der Waals surface area (Å²) in [6.07, 6.45) is 1.72. The van der Waals surface area contributed by atoms with E-state index in [1.54, 1.807) is 19.4 Å². The molecule has 0 atom stereocenters. The Kier molecular flexibility index (Phi) is 6.01. The number of hydrogen-bond donors (Lipinski definition) is 3. The molecule has 0 unspecified atom stereocenters. The number of fused-ring (bicyclic) bond motifs is 1. The largest absolute Gasteiger partial charge is 0.383 e. The summed E-state index contributed by atoms with van der Waals surface area (Å²) in [6.45, 7) is 2.94. The van der Waals surface area contributed by atoms with Crippen LogP contribution in [-0.4, -0.2) is 31.2 Å². The number of nitrogens with zero attached hydrogens (tertiary/aromatic N) is 1. The van der Waals surface area contributed by atoms with Gasteiger partial charge >= 0.3 is 0 Å². The van der Waals surface area contributed by atoms with Gasteiger partial charge in [0.25, 0.3) is 5.91 Å². The molecular formula is C20H20N4O2S. The van der Waals surface area contributed by atoms with Crippen molar-refractivity contribution in [1.82, 2.24) is 10.3 Å². The van der Waals surface area contributed by atoms with E-state index in [0.29, 0.717) is 24.3 Å². The van der Waals surface area contributed by atoms with Crippen LogP contribution in [0.5, 0.6) is 0 Å². The highest BCUT2D eigenvalue weighted by molar-refractivity contribution is 8.00. The fourth-order valence-electron chi connectivity index (χ4n) is 2.78. The molecular weight excluding hydrogens is 360 g/mol. The zero-order valence-corrected chi connectivity index (χ0v) is 15.9. The van der Waals surface area contributed by atoms with E-state index >= 15 is 0 Å². The Morgan fingerprint density at radius 1 is 1.33 bits per heavy atom. The number of anilines is 1. The minimum absolute atomic E-state index is 0.129. The molecule has 0 aliphatic rings. The molecule has 138 valence electrons. The third kappa shape index (κ3) is 4.25. The van der Waals surface area contributed by atoms with Crippen LogP contribution in [0.3, 0.4) is 0 Å². The number of hydrogen-bond acceptors (Lipinski definition) is 5. The topological polar surface area (TPSA) is 89.9 Å². The summed E-state index contributed by atoms with van der Waals surface area (Å²) >= 11 is 1.41. The zero-order chi connectivity index (χ0) is 19.2. The molecule has 0 spiro atoms. The molecule has 7 heteroatoms. The second-order valence-electron chi connectivity index (χ2n) is 5.97. The summed E-state index contributed by atoms with van der Waals surface area (Å²) in [5.74, 6) is -0.129. The fraction of sp³-hybridized carbons (Fsp3) is 0.200. The second kappa shape index (κ2) is 8.62. The number of aromatic amines is 1. The standard InChI is InChI=1S/C20H20N4O2S/c1-13-6-7-17(19-18(13)15(11-21)12-23-19)24-27-16-5-3-4-14(10-16)20(25)22-8-9-26-2/h3-7,10,12,23-24H,8-9H2,1-2H3,(H,22,25). The van der Waals surface area contributed by atoms with Crippen LogP contribution in [0.2, 0.25) is 0 Å². The maximum Gasteiger partial charge on any atom is 0.251 e. The molecule has 0 bridgehead atoms. The number of amides is 1. The van der Waals surface area contributed by atoms with E-state index in [-0.39, 0.29) is 5.91 Å². The lowest BCUT2D eigenvalue weighted by Crippen LogP contribution is -2.26. The highest BCUT2D eigenvalue weighted by atomic mass is 32.2. The zero-order valence-electron chi connectivity index (χ0n) is 15.1. The number of rotatable bonds is 7. The van der Waals surface area contributed by atoms with Crippen LogP contribution in [0.1, 0.15) is 21.5 Å². The van der Waals surface area contributed by atoms with E-state index in [1.807, 2.05) is 37.3 Å². The van der Waals surface area contributed by atoms with Crippen LogP contribution in [0.4, 0.5) is 5.69 Å². The van der Waals surface area contributed by atoms with Gasteiger partial charge in [0.1, 0.15) is 6.07 Å². The lowest BCUT2D eigenvalue weighted by molar-refractivity contribution is 0.0937. The Morgan fingerprint density at radius 2 is 2.19 bits per heavy atom. The van der Waals surface area contributed by atoms with Gasteiger partial charge in [-0.25, -0.2) is 0 Å². The molecule has 0 saturated carbocycles. The van der Waals surface area contributed by atoms with Crippen molar-refractivity contribution in [2.45, 2.75) is 11.8 Å². The van der Waals surface area contributed by atoms with Crippen LogP contribution in [-0.2, 0) is 4.74 Å². The summed E-state index contributed by atoms with van der Waals surface area (Å²) in [7, 11) is 1.60. The van der Waals surface area contributed by atoms with Gasteiger partial charge in [-0.3, -0.25) is 4.79 Å². The number of ether oxygens (including phenoxy) is 1. The number of methoxy groups -OCH3 is 1. The third-order valence-electron chi connectivity index (χ3n) is 4.13. The lowest BCUT2D eigenvalue weighted by Gasteiger charge is -2.10. The molecule has 1 aromatic heterocycles. The highest BCUT2D eigenvalue weighted by Crippen LogP contribution is 2.31. The molecule has 6 nitrogen and oxygen atoms in total. The Labute approximate surface area is 162 Å². The molecule has 3 rings (SSSR count). The van der Waals surface area contributed by atoms with Crippen molar-refractivity contribution in [3.8, 4) is 6.07 Å². The Morgan fingerprint density at radius 3 is 2.96 bits per heavy atom. The molecule has 0 radical (unpaired) electrons. The average molecular weight is 380 g/mol. The van der Waals surface area contributed by atoms with E-state index in [0.717, 1.165) is 27.0 Å². The average Bonchev–Trinajstić information content (AvgIpc) is 3.13. The van der Waals surface area contributed by atoms with Crippen molar-refractivity contribution in [1.29, 1.82) is 5.26 Å². The molecule has 1 amide bonds. The predicted molar refractivity (Wildman–Crippen MR) is 108 cm³/mol. The summed E-state index contributed by atoms with van der Waals surface area (Å²) in [5, 5.41) is 13.0. The van der Waals surface area contributed by atoms with Crippen molar-refractivity contribution in [3.63, 3.8) is 0 Å². The Hall–Kier alpha value is -2.95. The number of aromatic nitrogens is 1. The third-order valence-corrected chi connectivity index (χ3v) is 4.94. The lowest BCUT2D eigenvalue weighted by atomic mass is 10.1. The summed E-state index contributed by atoms with van der Waals surface area (Å²) in [4.78, 5) is 16.2. The maximum atomic E-state index is 12.2. The quantitative estimate of drug-likeness (QED) is 0.428. The van der Waals surface area contributed by atoms with Crippen molar-refractivity contribution >= 4 is 34.4 Å². The summed E-state index contributed by atoms with van der Waals surface area (Å²) < 4.78 is 8.25. The van der Waals surface area contributed by atoms with Gasteiger partial charge in [0.15, 0.2) is 0 Å². The number of benzene rings is 2. The van der Waals surface area contributed by atoms with Crippen molar-refractivity contribution in [2.75, 3.05) is 25.0 Å². The van der Waals surface area contributed by atoms with E-state index in [2.05, 4.69) is 21.1 Å². The van der Waals surface area contributed by atoms with Crippen molar-refractivity contribution in [2.24, 2.45) is 0 Å². The highest BCUT2D eigenvalue weighted by Gasteiger charge is 2.11. The van der Waals surface area contributed by atoms with Crippen LogP contribution in [0.15, 0.2) is 47.5 Å². The van der Waals surface area contributed by atoms with Crippen molar-refractivity contribution < 1.29 is 9.53 Å². The number of carbonyl (C=O) groups excluding carboxylic acids is 1. The van der Waals surface area contributed by atoms with Crippen LogP contribution in [0.25, 0.3) is 10.9 Å². The van der Waals surface area contributed by atoms with E-state index in [1.165, 1.54) is 11.9 Å². The number of H-pyrrole nitrogens is 1. The molecule has 1 heterocycles. The Bertz CT molecular complexity index is 1010. The summed E-state index contributed by atoms with van der Waals surface area (Å²) in [6, 6.07) is 13.6. The number of nitrogens with one attached hydrogen (secondary N) is 3. The molecule has 2 aromatic carbocycles. The van der Waals surface area contributed by atoms with Crippen molar-refractivity contribution in [3.05, 3.63) is 59.3 Å². The molecule has 3 N–H and O–H groups in total. The van der Waals surface area contributed by atoms with E-state index in [9.17, 15) is 10.1 Å². The van der Waals surface area contributed by atoms with Gasteiger partial charge in [0.2, 0.25) is 0 Å². The van der Waals surface area contributed by atoms with Crippen LogP contribution < -0.4 is 10.0 Å². The normalized spacial score (nSPS) is 10.6. The second-order valence-corrected chi connectivity index (χ2v) is 6.85. The van der Waals surface area contributed by atoms with Gasteiger partial charge < -0.3 is 19.8 Å². The molecule has 0 aliphatic heterocycles. The fourth-order valence-corrected chi connectivity index (χ4v) is 3.51. The first-order valence-electron chi connectivity index (χ1n) is 8.45. The first kappa shape index (κ1) is 18.8. The van der Waals surface area contributed by atoms with Crippen LogP contribution >= 0.6 is 11.9 Å². The van der Waals surface area contributed by atoms with E-state index < -0.39 is 0 Å². The first-order chi connectivity index (χ1) is 13.1. The molecule has 0 saturated heterocycles. The minimum atomic E-state index is -0.129. The van der Waals surface area contributed by atoms with Crippen LogP contribution in [0, 0.1) is 18.3 Å². The maximum absolute atomic E-state index is 12.2. The van der Waals surface area contributed by atoms with E-state index in [4.69, 9.17) is 4.74 Å². The van der Waals surface area contributed by atoms with Gasteiger partial charge in [0.05, 0.1) is 23.4 Å². The molecule has 0 aliphatic carbocycles. The van der Waals surface area contributed by atoms with Gasteiger partial charge in [-0.2, -0.15) is 5.26 Å². The number of nitriles is 1. The molecule has 3 aromatic rings. The monoisotopic (exact) mass is 380 g/mol. The Balaban J connectivity index is 1.74. The SMILES string of the molecule is COCCNC(=O)c1cccc(SNc2ccc(C)c3c(C#N)c[nH]c23)c1. The van der Waals surface area contributed by atoms with Gasteiger partial charge in [-0.05, 0) is 48.7 Å². The first-order valence-corrected chi connectivity index (χ1v) is 9.26. The smallest absolute Gasteiger partial charge is 0.251 e. The minimum Gasteiger partial charge on any atom is -0.383 e. The van der Waals surface area contributed by atoms with Gasteiger partial charge in [0, 0.05) is 35.7 Å². The number of carbonyl (C=O) groups is 1. The predicted octanol–water partition coefficient (Wildman–Crippen LogP) is 3.84.